The first kappa shape index (κ1) is 14.0. The van der Waals surface area contributed by atoms with E-state index in [4.69, 9.17) is 10.00 Å². The first-order valence-corrected chi connectivity index (χ1v) is 5.95. The molecule has 0 amide bonds. The normalized spacial score (nSPS) is 11.4. The summed E-state index contributed by atoms with van der Waals surface area (Å²) in [6, 6.07) is 10.0. The number of nitriles is 1. The van der Waals surface area contributed by atoms with Gasteiger partial charge in [0.15, 0.2) is 0 Å². The SMILES string of the molecule is CCN(CC(C#N)OC(C)=O)c1cccc(C)c1. The minimum absolute atomic E-state index is 0.385. The summed E-state index contributed by atoms with van der Waals surface area (Å²) in [5, 5.41) is 8.97. The molecule has 4 nitrogen and oxygen atoms in total. The lowest BCUT2D eigenvalue weighted by Gasteiger charge is -2.25. The maximum Gasteiger partial charge on any atom is 0.304 e. The van der Waals surface area contributed by atoms with Crippen LogP contribution in [0.15, 0.2) is 24.3 Å². The fraction of sp³-hybridized carbons (Fsp3) is 0.429. The van der Waals surface area contributed by atoms with E-state index in [9.17, 15) is 4.79 Å². The Kier molecular flexibility index (Phi) is 5.19. The molecule has 0 heterocycles. The molecule has 0 N–H and O–H groups in total. The van der Waals surface area contributed by atoms with Crippen LogP contribution in [0.3, 0.4) is 0 Å². The molecule has 0 spiro atoms. The lowest BCUT2D eigenvalue weighted by Crippen LogP contribution is -2.34. The average Bonchev–Trinajstić information content (AvgIpc) is 2.33. The van der Waals surface area contributed by atoms with Gasteiger partial charge in [0.1, 0.15) is 6.07 Å². The van der Waals surface area contributed by atoms with Crippen molar-refractivity contribution in [2.45, 2.75) is 26.9 Å². The topological polar surface area (TPSA) is 53.3 Å². The third kappa shape index (κ3) is 4.10. The highest BCUT2D eigenvalue weighted by Crippen LogP contribution is 2.16. The molecule has 1 rings (SSSR count). The number of nitrogens with zero attached hydrogens (tertiary/aromatic N) is 2. The van der Waals surface area contributed by atoms with E-state index in [2.05, 4.69) is 0 Å². The first-order valence-electron chi connectivity index (χ1n) is 5.95. The molecule has 1 atom stereocenters. The van der Waals surface area contributed by atoms with Gasteiger partial charge >= 0.3 is 5.97 Å². The van der Waals surface area contributed by atoms with Gasteiger partial charge in [-0.25, -0.2) is 0 Å². The zero-order valence-electron chi connectivity index (χ0n) is 11.0. The molecule has 1 aromatic rings. The lowest BCUT2D eigenvalue weighted by molar-refractivity contribution is -0.143. The second-order valence-electron chi connectivity index (χ2n) is 4.10. The molecule has 0 aliphatic rings. The van der Waals surface area contributed by atoms with Crippen LogP contribution in [-0.4, -0.2) is 25.2 Å². The molecule has 1 aromatic carbocycles. The van der Waals surface area contributed by atoms with Crippen molar-refractivity contribution in [3.63, 3.8) is 0 Å². The number of rotatable bonds is 5. The summed E-state index contributed by atoms with van der Waals surface area (Å²) in [4.78, 5) is 12.9. The number of benzene rings is 1. The van der Waals surface area contributed by atoms with Crippen molar-refractivity contribution in [2.75, 3.05) is 18.0 Å². The number of esters is 1. The maximum absolute atomic E-state index is 10.9. The van der Waals surface area contributed by atoms with E-state index in [1.807, 2.05) is 49.1 Å². The Morgan fingerprint density at radius 2 is 2.28 bits per heavy atom. The quantitative estimate of drug-likeness (QED) is 0.748. The standard InChI is InChI=1S/C14H18N2O2/c1-4-16(10-14(9-15)18-12(3)17)13-7-5-6-11(2)8-13/h5-8,14H,4,10H2,1-3H3. The van der Waals surface area contributed by atoms with Gasteiger partial charge in [0.25, 0.3) is 0 Å². The van der Waals surface area contributed by atoms with Gasteiger partial charge in [0.05, 0.1) is 6.54 Å². The van der Waals surface area contributed by atoms with E-state index in [-0.39, 0.29) is 0 Å². The number of hydrogen-bond donors (Lipinski definition) is 0. The maximum atomic E-state index is 10.9. The van der Waals surface area contributed by atoms with Gasteiger partial charge in [-0.3, -0.25) is 4.79 Å². The zero-order valence-corrected chi connectivity index (χ0v) is 11.0. The number of likely N-dealkylation sites (N-methyl/N-ethyl adjacent to an activating group) is 1. The molecule has 18 heavy (non-hydrogen) atoms. The highest BCUT2D eigenvalue weighted by molar-refractivity contribution is 5.66. The van der Waals surface area contributed by atoms with Crippen molar-refractivity contribution in [1.29, 1.82) is 5.26 Å². The monoisotopic (exact) mass is 246 g/mol. The van der Waals surface area contributed by atoms with E-state index in [1.54, 1.807) is 0 Å². The Morgan fingerprint density at radius 3 is 2.78 bits per heavy atom. The summed E-state index contributed by atoms with van der Waals surface area (Å²) in [6.45, 7) is 6.47. The van der Waals surface area contributed by atoms with Crippen molar-refractivity contribution in [3.05, 3.63) is 29.8 Å². The molecule has 0 fully saturated rings. The Hall–Kier alpha value is -2.02. The van der Waals surface area contributed by atoms with E-state index in [0.29, 0.717) is 6.54 Å². The summed E-state index contributed by atoms with van der Waals surface area (Å²) in [5.74, 6) is -0.429. The Morgan fingerprint density at radius 1 is 1.56 bits per heavy atom. The van der Waals surface area contributed by atoms with Crippen LogP contribution in [0.1, 0.15) is 19.4 Å². The number of carbonyl (C=O) groups excluding carboxylic acids is 1. The minimum Gasteiger partial charge on any atom is -0.445 e. The predicted molar refractivity (Wildman–Crippen MR) is 70.2 cm³/mol. The largest absolute Gasteiger partial charge is 0.445 e. The summed E-state index contributed by atoms with van der Waals surface area (Å²) in [5.41, 5.74) is 2.19. The zero-order chi connectivity index (χ0) is 13.5. The van der Waals surface area contributed by atoms with Gasteiger partial charge in [-0.15, -0.1) is 0 Å². The molecule has 0 aliphatic heterocycles. The van der Waals surface area contributed by atoms with Crippen molar-refractivity contribution >= 4 is 11.7 Å². The van der Waals surface area contributed by atoms with Gasteiger partial charge < -0.3 is 9.64 Å². The molecule has 4 heteroatoms. The molecule has 0 saturated heterocycles. The van der Waals surface area contributed by atoms with Crippen LogP contribution in [0.4, 0.5) is 5.69 Å². The third-order valence-electron chi connectivity index (χ3n) is 2.59. The van der Waals surface area contributed by atoms with Crippen LogP contribution in [0.2, 0.25) is 0 Å². The highest BCUT2D eigenvalue weighted by Gasteiger charge is 2.15. The molecule has 0 bridgehead atoms. The molecular formula is C14H18N2O2. The summed E-state index contributed by atoms with van der Waals surface area (Å²) in [7, 11) is 0. The number of aryl methyl sites for hydroxylation is 1. The van der Waals surface area contributed by atoms with Crippen LogP contribution >= 0.6 is 0 Å². The average molecular weight is 246 g/mol. The fourth-order valence-electron chi connectivity index (χ4n) is 1.75. The molecule has 0 saturated carbocycles. The molecular weight excluding hydrogens is 228 g/mol. The van der Waals surface area contributed by atoms with E-state index >= 15 is 0 Å². The molecule has 0 radical (unpaired) electrons. The van der Waals surface area contributed by atoms with E-state index in [0.717, 1.165) is 17.8 Å². The number of hydrogen-bond acceptors (Lipinski definition) is 4. The second kappa shape index (κ2) is 6.65. The fourth-order valence-corrected chi connectivity index (χ4v) is 1.75. The van der Waals surface area contributed by atoms with Gasteiger partial charge in [-0.1, -0.05) is 12.1 Å². The Bertz CT molecular complexity index is 451. The van der Waals surface area contributed by atoms with E-state index < -0.39 is 12.1 Å². The Labute approximate surface area is 108 Å². The number of carbonyl (C=O) groups is 1. The van der Waals surface area contributed by atoms with E-state index in [1.165, 1.54) is 6.92 Å². The van der Waals surface area contributed by atoms with Crippen LogP contribution < -0.4 is 4.90 Å². The number of ether oxygens (including phenoxy) is 1. The summed E-state index contributed by atoms with van der Waals surface area (Å²) < 4.78 is 4.94. The van der Waals surface area contributed by atoms with Crippen molar-refractivity contribution in [3.8, 4) is 6.07 Å². The summed E-state index contributed by atoms with van der Waals surface area (Å²) >= 11 is 0. The molecule has 0 aromatic heterocycles. The van der Waals surface area contributed by atoms with Crippen LogP contribution in [0, 0.1) is 18.3 Å². The van der Waals surface area contributed by atoms with Crippen molar-refractivity contribution < 1.29 is 9.53 Å². The van der Waals surface area contributed by atoms with Gasteiger partial charge in [-0.2, -0.15) is 5.26 Å². The second-order valence-corrected chi connectivity index (χ2v) is 4.10. The lowest BCUT2D eigenvalue weighted by atomic mass is 10.2. The van der Waals surface area contributed by atoms with Gasteiger partial charge in [0, 0.05) is 19.2 Å². The molecule has 0 aliphatic carbocycles. The van der Waals surface area contributed by atoms with Gasteiger partial charge in [-0.05, 0) is 31.5 Å². The van der Waals surface area contributed by atoms with Crippen LogP contribution in [-0.2, 0) is 9.53 Å². The highest BCUT2D eigenvalue weighted by atomic mass is 16.5. The Balaban J connectivity index is 2.78. The smallest absolute Gasteiger partial charge is 0.304 e. The molecule has 1 unspecified atom stereocenters. The summed E-state index contributed by atoms with van der Waals surface area (Å²) in [6.07, 6.45) is -0.733. The third-order valence-corrected chi connectivity index (χ3v) is 2.59. The van der Waals surface area contributed by atoms with Crippen LogP contribution in [0.25, 0.3) is 0 Å². The van der Waals surface area contributed by atoms with Crippen molar-refractivity contribution in [2.24, 2.45) is 0 Å². The van der Waals surface area contributed by atoms with Gasteiger partial charge in [0.2, 0.25) is 6.10 Å². The number of anilines is 1. The van der Waals surface area contributed by atoms with Crippen molar-refractivity contribution in [1.82, 2.24) is 0 Å². The van der Waals surface area contributed by atoms with Crippen LogP contribution in [0.5, 0.6) is 0 Å². The minimum atomic E-state index is -0.733. The predicted octanol–water partition coefficient (Wildman–Crippen LogP) is 2.28. The first-order chi connectivity index (χ1) is 8.56. The molecule has 96 valence electrons.